The molecule has 1 heterocycles. The Hall–Kier alpha value is -0.120. The summed E-state index contributed by atoms with van der Waals surface area (Å²) in [5.41, 5.74) is 0. The Morgan fingerprint density at radius 2 is 1.33 bits per heavy atom. The molecule has 1 rings (SSSR count). The van der Waals surface area contributed by atoms with E-state index in [1.54, 1.807) is 6.92 Å². The molecule has 1 fully saturated rings. The van der Waals surface area contributed by atoms with Crippen molar-refractivity contribution in [3.05, 3.63) is 0 Å². The van der Waals surface area contributed by atoms with E-state index >= 15 is 0 Å². The van der Waals surface area contributed by atoms with Gasteiger partial charge in [-0.25, -0.2) is 0 Å². The van der Waals surface area contributed by atoms with E-state index in [-0.39, 0.29) is 6.61 Å². The highest BCUT2D eigenvalue weighted by Gasteiger charge is 1.91. The van der Waals surface area contributed by atoms with Gasteiger partial charge in [0.1, 0.15) is 0 Å². The molecule has 0 bridgehead atoms. The van der Waals surface area contributed by atoms with Crippen molar-refractivity contribution in [2.75, 3.05) is 32.8 Å². The van der Waals surface area contributed by atoms with E-state index in [0.29, 0.717) is 0 Å². The van der Waals surface area contributed by atoms with E-state index in [1.807, 2.05) is 0 Å². The van der Waals surface area contributed by atoms with Crippen LogP contribution in [0.15, 0.2) is 0 Å². The SMILES string of the molecule is C1CNCCN1.CCO. The predicted octanol–water partition coefficient (Wildman–Crippen LogP) is -0.822. The van der Waals surface area contributed by atoms with Gasteiger partial charge in [0.2, 0.25) is 0 Å². The Kier molecular flexibility index (Phi) is 7.77. The third kappa shape index (κ3) is 7.88. The summed E-state index contributed by atoms with van der Waals surface area (Å²) < 4.78 is 0. The molecule has 3 N–H and O–H groups in total. The quantitative estimate of drug-likeness (QED) is 0.403. The van der Waals surface area contributed by atoms with Gasteiger partial charge in [0.15, 0.2) is 0 Å². The monoisotopic (exact) mass is 132 g/mol. The van der Waals surface area contributed by atoms with Crippen LogP contribution in [0.1, 0.15) is 6.92 Å². The van der Waals surface area contributed by atoms with Gasteiger partial charge < -0.3 is 15.7 Å². The number of aliphatic hydroxyl groups excluding tert-OH is 1. The van der Waals surface area contributed by atoms with Crippen LogP contribution < -0.4 is 10.6 Å². The molecule has 1 aliphatic heterocycles. The molecule has 1 saturated heterocycles. The number of aliphatic hydroxyl groups is 1. The van der Waals surface area contributed by atoms with Gasteiger partial charge in [-0.2, -0.15) is 0 Å². The highest BCUT2D eigenvalue weighted by Crippen LogP contribution is 1.65. The average molecular weight is 132 g/mol. The Balaban J connectivity index is 0.000000187. The van der Waals surface area contributed by atoms with Gasteiger partial charge in [0.05, 0.1) is 0 Å². The fourth-order valence-electron chi connectivity index (χ4n) is 0.604. The standard InChI is InChI=1S/C4H10N2.C2H6O/c1-2-6-4-3-5-1;1-2-3/h5-6H,1-4H2;3H,2H2,1H3. The summed E-state index contributed by atoms with van der Waals surface area (Å²) >= 11 is 0. The van der Waals surface area contributed by atoms with Crippen molar-refractivity contribution >= 4 is 0 Å². The molecule has 0 aromatic heterocycles. The van der Waals surface area contributed by atoms with E-state index in [2.05, 4.69) is 10.6 Å². The van der Waals surface area contributed by atoms with Gasteiger partial charge in [-0.05, 0) is 6.92 Å². The largest absolute Gasteiger partial charge is 0.397 e. The molecule has 0 unspecified atom stereocenters. The fraction of sp³-hybridized carbons (Fsp3) is 1.00. The smallest absolute Gasteiger partial charge is 0.0402 e. The van der Waals surface area contributed by atoms with Gasteiger partial charge in [0.25, 0.3) is 0 Å². The van der Waals surface area contributed by atoms with Crippen LogP contribution >= 0.6 is 0 Å². The maximum atomic E-state index is 7.57. The van der Waals surface area contributed by atoms with E-state index in [4.69, 9.17) is 5.11 Å². The molecule has 0 aliphatic carbocycles. The van der Waals surface area contributed by atoms with Gasteiger partial charge in [-0.15, -0.1) is 0 Å². The van der Waals surface area contributed by atoms with Crippen LogP contribution in [0.5, 0.6) is 0 Å². The van der Waals surface area contributed by atoms with Crippen molar-refractivity contribution in [1.29, 1.82) is 0 Å². The lowest BCUT2D eigenvalue weighted by molar-refractivity contribution is 0.318. The first-order chi connectivity index (χ1) is 4.41. The summed E-state index contributed by atoms with van der Waals surface area (Å²) in [6.45, 7) is 6.49. The second kappa shape index (κ2) is 7.88. The van der Waals surface area contributed by atoms with E-state index in [9.17, 15) is 0 Å². The first kappa shape index (κ1) is 8.88. The van der Waals surface area contributed by atoms with Crippen molar-refractivity contribution in [2.45, 2.75) is 6.92 Å². The molecule has 0 spiro atoms. The molecule has 0 atom stereocenters. The minimum absolute atomic E-state index is 0.250. The predicted molar refractivity (Wildman–Crippen MR) is 38.5 cm³/mol. The summed E-state index contributed by atoms with van der Waals surface area (Å²) in [5, 5.41) is 14.0. The molecule has 0 amide bonds. The van der Waals surface area contributed by atoms with Gasteiger partial charge in [-0.1, -0.05) is 0 Å². The van der Waals surface area contributed by atoms with Crippen molar-refractivity contribution in [2.24, 2.45) is 0 Å². The van der Waals surface area contributed by atoms with Crippen molar-refractivity contribution < 1.29 is 5.11 Å². The average Bonchev–Trinajstić information content (AvgIpc) is 1.93. The lowest BCUT2D eigenvalue weighted by Crippen LogP contribution is -2.39. The van der Waals surface area contributed by atoms with Gasteiger partial charge >= 0.3 is 0 Å². The highest BCUT2D eigenvalue weighted by molar-refractivity contribution is 4.59. The van der Waals surface area contributed by atoms with Crippen LogP contribution in [0, 0.1) is 0 Å². The van der Waals surface area contributed by atoms with Crippen LogP contribution in [0.2, 0.25) is 0 Å². The molecule has 3 nitrogen and oxygen atoms in total. The van der Waals surface area contributed by atoms with Gasteiger partial charge in [-0.3, -0.25) is 0 Å². The lowest BCUT2D eigenvalue weighted by atomic mass is 10.4. The van der Waals surface area contributed by atoms with E-state index < -0.39 is 0 Å². The van der Waals surface area contributed by atoms with Crippen molar-refractivity contribution in [3.63, 3.8) is 0 Å². The van der Waals surface area contributed by atoms with Crippen LogP contribution in [0.4, 0.5) is 0 Å². The first-order valence-electron chi connectivity index (χ1n) is 3.44. The number of hydrogen-bond donors (Lipinski definition) is 3. The molecular formula is C6H16N2O. The van der Waals surface area contributed by atoms with E-state index in [1.165, 1.54) is 0 Å². The summed E-state index contributed by atoms with van der Waals surface area (Å²) in [7, 11) is 0. The number of nitrogens with one attached hydrogen (secondary N) is 2. The minimum atomic E-state index is 0.250. The number of hydrogen-bond acceptors (Lipinski definition) is 3. The molecule has 0 aromatic carbocycles. The van der Waals surface area contributed by atoms with Gasteiger partial charge in [0, 0.05) is 32.8 Å². The third-order valence-electron chi connectivity index (χ3n) is 0.957. The fourth-order valence-corrected chi connectivity index (χ4v) is 0.604. The zero-order chi connectivity index (χ0) is 6.95. The Labute approximate surface area is 56.5 Å². The minimum Gasteiger partial charge on any atom is -0.397 e. The maximum Gasteiger partial charge on any atom is 0.0402 e. The molecule has 1 aliphatic rings. The van der Waals surface area contributed by atoms with Crippen LogP contribution in [-0.2, 0) is 0 Å². The second-order valence-corrected chi connectivity index (χ2v) is 1.82. The molecule has 0 saturated carbocycles. The molecule has 0 aromatic rings. The Morgan fingerprint density at radius 1 is 1.11 bits per heavy atom. The highest BCUT2D eigenvalue weighted by atomic mass is 16.2. The summed E-state index contributed by atoms with van der Waals surface area (Å²) in [4.78, 5) is 0. The van der Waals surface area contributed by atoms with Crippen LogP contribution in [0.25, 0.3) is 0 Å². The summed E-state index contributed by atoms with van der Waals surface area (Å²) in [5.74, 6) is 0. The third-order valence-corrected chi connectivity index (χ3v) is 0.957. The molecule has 0 radical (unpaired) electrons. The molecule has 56 valence electrons. The first-order valence-corrected chi connectivity index (χ1v) is 3.44. The molecule has 9 heavy (non-hydrogen) atoms. The van der Waals surface area contributed by atoms with Crippen molar-refractivity contribution in [3.8, 4) is 0 Å². The molecule has 3 heteroatoms. The number of piperazine rings is 1. The summed E-state index contributed by atoms with van der Waals surface area (Å²) in [6, 6.07) is 0. The van der Waals surface area contributed by atoms with Crippen LogP contribution in [0.3, 0.4) is 0 Å². The zero-order valence-corrected chi connectivity index (χ0v) is 5.98. The summed E-state index contributed by atoms with van der Waals surface area (Å²) in [6.07, 6.45) is 0. The normalized spacial score (nSPS) is 18.0. The maximum absolute atomic E-state index is 7.57. The topological polar surface area (TPSA) is 44.3 Å². The molecular weight excluding hydrogens is 116 g/mol. The second-order valence-electron chi connectivity index (χ2n) is 1.82. The van der Waals surface area contributed by atoms with E-state index in [0.717, 1.165) is 26.2 Å². The Morgan fingerprint density at radius 3 is 1.44 bits per heavy atom. The lowest BCUT2D eigenvalue weighted by Gasteiger charge is -2.11. The van der Waals surface area contributed by atoms with Crippen LogP contribution in [-0.4, -0.2) is 37.9 Å². The van der Waals surface area contributed by atoms with Crippen molar-refractivity contribution in [1.82, 2.24) is 10.6 Å². The Bertz CT molecular complexity index is 34.8. The number of rotatable bonds is 0. The zero-order valence-electron chi connectivity index (χ0n) is 5.98.